The first kappa shape index (κ1) is 28.0. The van der Waals surface area contributed by atoms with Crippen molar-refractivity contribution < 1.29 is 49.6 Å². The van der Waals surface area contributed by atoms with Gasteiger partial charge in [-0.05, 0) is 27.3 Å². The lowest BCUT2D eigenvalue weighted by molar-refractivity contribution is -0.319. The molecule has 14 heteroatoms. The van der Waals surface area contributed by atoms with Crippen LogP contribution in [0.1, 0.15) is 20.3 Å². The van der Waals surface area contributed by atoms with Crippen molar-refractivity contribution in [1.29, 1.82) is 0 Å². The summed E-state index contributed by atoms with van der Waals surface area (Å²) in [6, 6.07) is -3.47. The van der Waals surface area contributed by atoms with Crippen LogP contribution in [0.5, 0.6) is 0 Å². The molecule has 3 rings (SSSR count). The molecule has 15 atom stereocenters. The van der Waals surface area contributed by atoms with Crippen LogP contribution in [0.4, 0.5) is 0 Å². The van der Waals surface area contributed by atoms with E-state index in [-0.39, 0.29) is 13.0 Å². The van der Waals surface area contributed by atoms with E-state index in [0.717, 1.165) is 0 Å². The van der Waals surface area contributed by atoms with E-state index in [1.807, 2.05) is 0 Å². The molecule has 0 radical (unpaired) electrons. The summed E-state index contributed by atoms with van der Waals surface area (Å²) in [7, 11) is 1.58. The van der Waals surface area contributed by atoms with Crippen LogP contribution in [-0.2, 0) is 18.9 Å². The van der Waals surface area contributed by atoms with Gasteiger partial charge in [0, 0.05) is 12.1 Å². The first-order valence-electron chi connectivity index (χ1n) is 11.4. The molecule has 2 saturated heterocycles. The molecule has 14 nitrogen and oxygen atoms in total. The summed E-state index contributed by atoms with van der Waals surface area (Å²) in [5, 5.41) is 65.2. The molecule has 2 heterocycles. The van der Waals surface area contributed by atoms with Gasteiger partial charge in [0.2, 0.25) is 0 Å². The molecule has 0 unspecified atom stereocenters. The highest BCUT2D eigenvalue weighted by Gasteiger charge is 2.52. The minimum atomic E-state index is -1.46. The summed E-state index contributed by atoms with van der Waals surface area (Å²) in [6.07, 6.45) is -12.4. The molecule has 0 spiro atoms. The highest BCUT2D eigenvalue weighted by atomic mass is 16.7. The monoisotopic (exact) mass is 496 g/mol. The second-order valence-corrected chi connectivity index (χ2v) is 9.82. The maximum atomic E-state index is 11.1. The summed E-state index contributed by atoms with van der Waals surface area (Å²) >= 11 is 0. The Balaban J connectivity index is 1.73. The van der Waals surface area contributed by atoms with Crippen molar-refractivity contribution in [1.82, 2.24) is 5.32 Å². The molecule has 34 heavy (non-hydrogen) atoms. The van der Waals surface area contributed by atoms with Crippen molar-refractivity contribution in [3.05, 3.63) is 0 Å². The first-order valence-corrected chi connectivity index (χ1v) is 11.4. The standard InChI is InChI=1S/C20H40N4O10/c1-6(25)14-11(27)10(26)9(23)18(32-14)33-15-7(21)4-8(22)16(12(15)28)34-19-13(29)17(24-3)20(2,30)5-31-19/h6-19,24-30H,4-5,21-23H2,1-3H3/t6-,7+,8-,9+,10+,11-,12+,13-,14+,15-,16+,17-,18+,19+,20+/m0/s1. The molecule has 0 aromatic carbocycles. The number of hydrogen-bond donors (Lipinski definition) is 10. The fourth-order valence-electron chi connectivity index (χ4n) is 4.95. The second-order valence-electron chi connectivity index (χ2n) is 9.82. The summed E-state index contributed by atoms with van der Waals surface area (Å²) in [4.78, 5) is 0. The number of nitrogens with two attached hydrogens (primary N) is 3. The summed E-state index contributed by atoms with van der Waals surface area (Å²) in [5.74, 6) is 0. The van der Waals surface area contributed by atoms with Crippen LogP contribution in [-0.4, -0.2) is 135 Å². The molecule has 0 bridgehead atoms. The lowest BCUT2D eigenvalue weighted by atomic mass is 9.84. The van der Waals surface area contributed by atoms with Crippen LogP contribution in [0.15, 0.2) is 0 Å². The fraction of sp³-hybridized carbons (Fsp3) is 1.00. The predicted octanol–water partition coefficient (Wildman–Crippen LogP) is -5.61. The van der Waals surface area contributed by atoms with E-state index in [1.165, 1.54) is 13.8 Å². The molecule has 2 aliphatic heterocycles. The number of hydrogen-bond acceptors (Lipinski definition) is 14. The van der Waals surface area contributed by atoms with Crippen LogP contribution in [0.2, 0.25) is 0 Å². The first-order chi connectivity index (χ1) is 15.8. The van der Waals surface area contributed by atoms with Crippen molar-refractivity contribution in [3.63, 3.8) is 0 Å². The fourth-order valence-corrected chi connectivity index (χ4v) is 4.95. The van der Waals surface area contributed by atoms with Gasteiger partial charge in [-0.15, -0.1) is 0 Å². The minimum absolute atomic E-state index is 0.135. The molecule has 3 fully saturated rings. The number of aliphatic hydroxyl groups is 6. The van der Waals surface area contributed by atoms with Gasteiger partial charge >= 0.3 is 0 Å². The third-order valence-electron chi connectivity index (χ3n) is 6.95. The third-order valence-corrected chi connectivity index (χ3v) is 6.95. The van der Waals surface area contributed by atoms with Crippen LogP contribution in [0, 0.1) is 0 Å². The van der Waals surface area contributed by atoms with E-state index in [1.54, 1.807) is 7.05 Å². The van der Waals surface area contributed by atoms with Gasteiger partial charge in [0.1, 0.15) is 48.3 Å². The Hall–Kier alpha value is -0.560. The number of aliphatic hydroxyl groups excluding tert-OH is 5. The number of nitrogens with one attached hydrogen (secondary N) is 1. The Morgan fingerprint density at radius 3 is 2.03 bits per heavy atom. The van der Waals surface area contributed by atoms with Crippen molar-refractivity contribution >= 4 is 0 Å². The Bertz CT molecular complexity index is 675. The van der Waals surface area contributed by atoms with Gasteiger partial charge in [0.05, 0.1) is 24.8 Å². The second kappa shape index (κ2) is 10.8. The smallest absolute Gasteiger partial charge is 0.185 e. The third kappa shape index (κ3) is 5.40. The highest BCUT2D eigenvalue weighted by Crippen LogP contribution is 2.32. The largest absolute Gasteiger partial charge is 0.391 e. The van der Waals surface area contributed by atoms with Crippen LogP contribution >= 0.6 is 0 Å². The van der Waals surface area contributed by atoms with Gasteiger partial charge in [0.15, 0.2) is 12.6 Å². The van der Waals surface area contributed by atoms with E-state index < -0.39 is 91.2 Å². The van der Waals surface area contributed by atoms with E-state index >= 15 is 0 Å². The van der Waals surface area contributed by atoms with Gasteiger partial charge in [-0.1, -0.05) is 0 Å². The minimum Gasteiger partial charge on any atom is -0.391 e. The lowest BCUT2D eigenvalue weighted by Crippen LogP contribution is -2.69. The summed E-state index contributed by atoms with van der Waals surface area (Å²) < 4.78 is 22.8. The normalized spacial score (nSPS) is 53.5. The molecule has 0 aromatic heterocycles. The molecule has 0 amide bonds. The zero-order valence-electron chi connectivity index (χ0n) is 19.5. The average Bonchev–Trinajstić information content (AvgIpc) is 2.75. The zero-order valence-corrected chi connectivity index (χ0v) is 19.5. The van der Waals surface area contributed by atoms with Crippen LogP contribution in [0.25, 0.3) is 0 Å². The van der Waals surface area contributed by atoms with Gasteiger partial charge in [-0.25, -0.2) is 0 Å². The van der Waals surface area contributed by atoms with Crippen molar-refractivity contribution in [3.8, 4) is 0 Å². The SMILES string of the molecule is CN[C@H]1[C@H](O)[C@@H](O[C@H]2[C@H](O)[C@@H](O[C@H]3O[C@H]([C@H](C)O)[C@@H](O)[C@H](O)[C@H]3N)[C@H](N)C[C@@H]2N)OC[C@@]1(C)O. The van der Waals surface area contributed by atoms with E-state index in [0.29, 0.717) is 0 Å². The van der Waals surface area contributed by atoms with Gasteiger partial charge in [0.25, 0.3) is 0 Å². The maximum Gasteiger partial charge on any atom is 0.185 e. The Morgan fingerprint density at radius 1 is 0.941 bits per heavy atom. The number of ether oxygens (including phenoxy) is 4. The van der Waals surface area contributed by atoms with E-state index in [4.69, 9.17) is 36.1 Å². The Morgan fingerprint density at radius 2 is 1.50 bits per heavy atom. The number of likely N-dealkylation sites (N-methyl/N-ethyl adjacent to an activating group) is 1. The van der Waals surface area contributed by atoms with E-state index in [2.05, 4.69) is 5.32 Å². The van der Waals surface area contributed by atoms with Crippen LogP contribution < -0.4 is 22.5 Å². The van der Waals surface area contributed by atoms with Crippen molar-refractivity contribution in [2.24, 2.45) is 17.2 Å². The summed E-state index contributed by atoms with van der Waals surface area (Å²) in [6.45, 7) is 2.75. The zero-order chi connectivity index (χ0) is 25.5. The number of rotatable bonds is 6. The van der Waals surface area contributed by atoms with Crippen LogP contribution in [0.3, 0.4) is 0 Å². The highest BCUT2D eigenvalue weighted by molar-refractivity contribution is 5.02. The van der Waals surface area contributed by atoms with Crippen molar-refractivity contribution in [2.45, 2.75) is 111 Å². The lowest BCUT2D eigenvalue weighted by Gasteiger charge is -2.49. The van der Waals surface area contributed by atoms with Gasteiger partial charge in [-0.2, -0.15) is 0 Å². The van der Waals surface area contributed by atoms with Gasteiger partial charge in [-0.3, -0.25) is 0 Å². The molecule has 13 N–H and O–H groups in total. The average molecular weight is 497 g/mol. The molecule has 200 valence electrons. The summed E-state index contributed by atoms with van der Waals surface area (Å²) in [5.41, 5.74) is 17.0. The topological polar surface area (TPSA) is 248 Å². The molecule has 0 aromatic rings. The predicted molar refractivity (Wildman–Crippen MR) is 116 cm³/mol. The van der Waals surface area contributed by atoms with E-state index in [9.17, 15) is 30.6 Å². The molecule has 1 saturated carbocycles. The maximum absolute atomic E-state index is 11.1. The van der Waals surface area contributed by atoms with Gasteiger partial charge < -0.3 is 72.1 Å². The molecular weight excluding hydrogens is 456 g/mol. The molecular formula is C20H40N4O10. The Labute approximate surface area is 197 Å². The quantitative estimate of drug-likeness (QED) is 0.165. The molecule has 1 aliphatic carbocycles. The Kier molecular flexibility index (Phi) is 8.92. The molecule has 3 aliphatic rings. The van der Waals surface area contributed by atoms with Crippen molar-refractivity contribution in [2.75, 3.05) is 13.7 Å².